The fraction of sp³-hybridized carbons (Fsp3) is 0.222. The number of anilines is 1. The number of fused-ring (bicyclic) bond motifs is 1. The van der Waals surface area contributed by atoms with Crippen LogP contribution in [-0.4, -0.2) is 36.1 Å². The minimum absolute atomic E-state index is 0.0139. The Bertz CT molecular complexity index is 990. The van der Waals surface area contributed by atoms with Crippen LogP contribution in [-0.2, 0) is 0 Å². The monoisotopic (exact) mass is 422 g/mol. The molecule has 1 aromatic heterocycles. The molecule has 0 bridgehead atoms. The molecule has 8 heteroatoms. The van der Waals surface area contributed by atoms with Gasteiger partial charge in [0.1, 0.15) is 29.3 Å². The summed E-state index contributed by atoms with van der Waals surface area (Å²) >= 11 is 3.33. The molecule has 1 saturated heterocycles. The molecule has 1 N–H and O–H groups in total. The van der Waals surface area contributed by atoms with Crippen molar-refractivity contribution >= 4 is 32.7 Å². The van der Waals surface area contributed by atoms with Gasteiger partial charge < -0.3 is 10.2 Å². The molecule has 0 amide bonds. The van der Waals surface area contributed by atoms with Crippen LogP contribution in [0.2, 0.25) is 0 Å². The molecule has 0 aliphatic carbocycles. The minimum Gasteiger partial charge on any atom is -0.353 e. The molecule has 1 fully saturated rings. The van der Waals surface area contributed by atoms with Gasteiger partial charge in [0, 0.05) is 53.2 Å². The lowest BCUT2D eigenvalue weighted by molar-refractivity contribution is 0.582. The van der Waals surface area contributed by atoms with Gasteiger partial charge in [-0.2, -0.15) is 0 Å². The molecule has 1 aliphatic rings. The van der Waals surface area contributed by atoms with E-state index in [0.717, 1.165) is 38.3 Å². The Morgan fingerprint density at radius 3 is 2.54 bits per heavy atom. The average molecular weight is 423 g/mol. The molecule has 4 rings (SSSR count). The zero-order valence-electron chi connectivity index (χ0n) is 13.6. The van der Waals surface area contributed by atoms with Gasteiger partial charge in [-0.15, -0.1) is 0 Å². The Morgan fingerprint density at radius 1 is 1.04 bits per heavy atom. The summed E-state index contributed by atoms with van der Waals surface area (Å²) in [5.41, 5.74) is 0.0930. The van der Waals surface area contributed by atoms with E-state index in [1.165, 1.54) is 12.4 Å². The van der Waals surface area contributed by atoms with E-state index in [1.807, 2.05) is 0 Å². The van der Waals surface area contributed by atoms with Crippen LogP contribution in [0.5, 0.6) is 0 Å². The summed E-state index contributed by atoms with van der Waals surface area (Å²) in [7, 11) is 0. The quantitative estimate of drug-likeness (QED) is 0.680. The van der Waals surface area contributed by atoms with Gasteiger partial charge in [-0.25, -0.2) is 23.1 Å². The third kappa shape index (κ3) is 2.93. The van der Waals surface area contributed by atoms with Crippen LogP contribution in [0.3, 0.4) is 0 Å². The number of aromatic nitrogens is 2. The van der Waals surface area contributed by atoms with Crippen LogP contribution < -0.4 is 10.2 Å². The maximum absolute atomic E-state index is 15.2. The molecule has 0 radical (unpaired) electrons. The van der Waals surface area contributed by atoms with Crippen molar-refractivity contribution in [1.82, 2.24) is 15.3 Å². The maximum atomic E-state index is 15.2. The molecule has 0 atom stereocenters. The average Bonchev–Trinajstić information content (AvgIpc) is 2.64. The summed E-state index contributed by atoms with van der Waals surface area (Å²) in [4.78, 5) is 10.4. The zero-order chi connectivity index (χ0) is 18.3. The minimum atomic E-state index is -0.833. The number of benzene rings is 2. The first-order valence-electron chi connectivity index (χ1n) is 8.10. The fourth-order valence-electron chi connectivity index (χ4n) is 3.18. The van der Waals surface area contributed by atoms with Crippen molar-refractivity contribution in [1.29, 1.82) is 0 Å². The fourth-order valence-corrected chi connectivity index (χ4v) is 3.80. The van der Waals surface area contributed by atoms with Crippen molar-refractivity contribution in [3.05, 3.63) is 52.5 Å². The Hall–Kier alpha value is -2.19. The standard InChI is InChI=1S/C18H14BrF3N4/c19-13-8-12-17(24-9-25-18(12)26-5-3-23-4-6-26)16(22)15(13)11-2-1-10(20)7-14(11)21/h1-2,7-9,23H,3-6H2. The molecule has 2 aromatic carbocycles. The summed E-state index contributed by atoms with van der Waals surface area (Å²) in [5, 5.41) is 3.80. The van der Waals surface area contributed by atoms with Crippen LogP contribution in [0.4, 0.5) is 19.0 Å². The second kappa shape index (κ2) is 6.85. The van der Waals surface area contributed by atoms with Crippen molar-refractivity contribution in [2.45, 2.75) is 0 Å². The highest BCUT2D eigenvalue weighted by Gasteiger charge is 2.22. The highest BCUT2D eigenvalue weighted by molar-refractivity contribution is 9.10. The van der Waals surface area contributed by atoms with Crippen molar-refractivity contribution in [3.8, 4) is 11.1 Å². The molecule has 0 unspecified atom stereocenters. The third-order valence-electron chi connectivity index (χ3n) is 4.42. The summed E-state index contributed by atoms with van der Waals surface area (Å²) < 4.78 is 43.0. The van der Waals surface area contributed by atoms with Gasteiger partial charge >= 0.3 is 0 Å². The third-order valence-corrected chi connectivity index (χ3v) is 5.04. The predicted octanol–water partition coefficient (Wildman–Crippen LogP) is 3.89. The number of nitrogens with zero attached hydrogens (tertiary/aromatic N) is 3. The Morgan fingerprint density at radius 2 is 1.81 bits per heavy atom. The van der Waals surface area contributed by atoms with Gasteiger partial charge in [0.2, 0.25) is 0 Å². The highest BCUT2D eigenvalue weighted by Crippen LogP contribution is 2.38. The first-order chi connectivity index (χ1) is 12.6. The van der Waals surface area contributed by atoms with E-state index in [1.54, 1.807) is 6.07 Å². The molecule has 0 saturated carbocycles. The Kier molecular flexibility index (Phi) is 4.54. The van der Waals surface area contributed by atoms with Crippen molar-refractivity contribution in [3.63, 3.8) is 0 Å². The lowest BCUT2D eigenvalue weighted by Crippen LogP contribution is -2.44. The van der Waals surface area contributed by atoms with Gasteiger partial charge in [-0.1, -0.05) is 15.9 Å². The number of hydrogen-bond acceptors (Lipinski definition) is 4. The van der Waals surface area contributed by atoms with Crippen LogP contribution in [0.1, 0.15) is 0 Å². The van der Waals surface area contributed by atoms with E-state index in [4.69, 9.17) is 0 Å². The maximum Gasteiger partial charge on any atom is 0.158 e. The highest BCUT2D eigenvalue weighted by atomic mass is 79.9. The number of piperazine rings is 1. The topological polar surface area (TPSA) is 41.0 Å². The largest absolute Gasteiger partial charge is 0.353 e. The van der Waals surface area contributed by atoms with E-state index >= 15 is 4.39 Å². The van der Waals surface area contributed by atoms with Crippen LogP contribution in [0, 0.1) is 17.5 Å². The number of halogens is 4. The first-order valence-corrected chi connectivity index (χ1v) is 8.89. The van der Waals surface area contributed by atoms with E-state index in [0.29, 0.717) is 15.7 Å². The Balaban J connectivity index is 1.92. The second-order valence-corrected chi connectivity index (χ2v) is 6.86. The van der Waals surface area contributed by atoms with E-state index in [2.05, 4.69) is 36.1 Å². The molecule has 134 valence electrons. The SMILES string of the molecule is Fc1ccc(-c2c(Br)cc3c(N4CCNCC4)ncnc3c2F)c(F)c1. The summed E-state index contributed by atoms with van der Waals surface area (Å²) in [6, 6.07) is 4.74. The lowest BCUT2D eigenvalue weighted by Gasteiger charge is -2.29. The molecular formula is C18H14BrF3N4. The summed E-state index contributed by atoms with van der Waals surface area (Å²) in [6.07, 6.45) is 1.31. The number of hydrogen-bond donors (Lipinski definition) is 1. The molecule has 3 aromatic rings. The number of rotatable bonds is 2. The second-order valence-electron chi connectivity index (χ2n) is 6.00. The molecule has 0 spiro atoms. The molecule has 26 heavy (non-hydrogen) atoms. The van der Waals surface area contributed by atoms with Gasteiger partial charge in [-0.3, -0.25) is 0 Å². The zero-order valence-corrected chi connectivity index (χ0v) is 15.2. The normalized spacial score (nSPS) is 14.8. The summed E-state index contributed by atoms with van der Waals surface area (Å²) in [5.74, 6) is -1.58. The molecule has 1 aliphatic heterocycles. The van der Waals surface area contributed by atoms with E-state index < -0.39 is 17.5 Å². The van der Waals surface area contributed by atoms with Crippen LogP contribution in [0.25, 0.3) is 22.0 Å². The predicted molar refractivity (Wildman–Crippen MR) is 97.6 cm³/mol. The smallest absolute Gasteiger partial charge is 0.158 e. The molecular weight excluding hydrogens is 409 g/mol. The lowest BCUT2D eigenvalue weighted by atomic mass is 10.0. The first kappa shape index (κ1) is 17.2. The number of nitrogens with one attached hydrogen (secondary N) is 1. The van der Waals surface area contributed by atoms with Gasteiger partial charge in [0.25, 0.3) is 0 Å². The Labute approximate surface area is 156 Å². The molecule has 2 heterocycles. The van der Waals surface area contributed by atoms with E-state index in [9.17, 15) is 8.78 Å². The van der Waals surface area contributed by atoms with Crippen molar-refractivity contribution in [2.75, 3.05) is 31.1 Å². The van der Waals surface area contributed by atoms with Gasteiger partial charge in [0.05, 0.1) is 0 Å². The van der Waals surface area contributed by atoms with Gasteiger partial charge in [-0.05, 0) is 18.2 Å². The van der Waals surface area contributed by atoms with Gasteiger partial charge in [0.15, 0.2) is 5.82 Å². The summed E-state index contributed by atoms with van der Waals surface area (Å²) in [6.45, 7) is 3.13. The van der Waals surface area contributed by atoms with E-state index in [-0.39, 0.29) is 16.6 Å². The molecule has 4 nitrogen and oxygen atoms in total. The van der Waals surface area contributed by atoms with Crippen molar-refractivity contribution < 1.29 is 13.2 Å². The van der Waals surface area contributed by atoms with Crippen LogP contribution in [0.15, 0.2) is 35.1 Å². The van der Waals surface area contributed by atoms with Crippen LogP contribution >= 0.6 is 15.9 Å². The van der Waals surface area contributed by atoms with Crippen molar-refractivity contribution in [2.24, 2.45) is 0 Å².